The van der Waals surface area contributed by atoms with E-state index in [0.717, 1.165) is 12.1 Å². The van der Waals surface area contributed by atoms with Crippen molar-refractivity contribution in [3.63, 3.8) is 0 Å². The highest BCUT2D eigenvalue weighted by Gasteiger charge is 2.42. The minimum Gasteiger partial charge on any atom is -0.482 e. The maximum Gasteiger partial charge on any atom is 0.227 e. The third-order valence-corrected chi connectivity index (χ3v) is 7.01. The van der Waals surface area contributed by atoms with E-state index in [-0.39, 0.29) is 17.8 Å². The number of carbonyl (C=O) groups is 1. The molecule has 2 heterocycles. The maximum absolute atomic E-state index is 14.7. The van der Waals surface area contributed by atoms with E-state index in [0.29, 0.717) is 65.8 Å². The molecule has 1 N–H and O–H groups in total. The molecule has 2 aliphatic heterocycles. The summed E-state index contributed by atoms with van der Waals surface area (Å²) in [6.45, 7) is 1.90. The fraction of sp³-hybridized carbons (Fsp3) is 0.435. The Bertz CT molecular complexity index is 1030. The summed E-state index contributed by atoms with van der Waals surface area (Å²) in [5, 5.41) is 10.8. The number of aliphatic hydroxyl groups excluding tert-OH is 1. The van der Waals surface area contributed by atoms with Gasteiger partial charge in [-0.15, -0.1) is 0 Å². The zero-order valence-electron chi connectivity index (χ0n) is 16.9. The third-order valence-electron chi connectivity index (χ3n) is 6.48. The van der Waals surface area contributed by atoms with Gasteiger partial charge in [0.15, 0.2) is 0 Å². The van der Waals surface area contributed by atoms with Crippen LogP contribution in [-0.2, 0) is 11.2 Å². The highest BCUT2D eigenvalue weighted by molar-refractivity contribution is 6.32. The van der Waals surface area contributed by atoms with Crippen LogP contribution in [0, 0.1) is 5.82 Å². The van der Waals surface area contributed by atoms with Gasteiger partial charge in [0.1, 0.15) is 17.7 Å². The molecule has 8 heteroatoms. The van der Waals surface area contributed by atoms with Gasteiger partial charge in [-0.05, 0) is 49.1 Å². The summed E-state index contributed by atoms with van der Waals surface area (Å²) in [4.78, 5) is 16.1. The molecule has 2 saturated heterocycles. The molecule has 0 saturated carbocycles. The number of nitrogens with zero attached hydrogens (tertiary/aromatic N) is 2. The van der Waals surface area contributed by atoms with Gasteiger partial charge in [-0.25, -0.2) is 4.39 Å². The van der Waals surface area contributed by atoms with Crippen LogP contribution in [0.15, 0.2) is 30.3 Å². The van der Waals surface area contributed by atoms with Crippen molar-refractivity contribution in [2.24, 2.45) is 0 Å². The normalized spacial score (nSPS) is 26.0. The second-order valence-corrected chi connectivity index (χ2v) is 9.31. The van der Waals surface area contributed by atoms with Crippen LogP contribution in [0.2, 0.25) is 10.0 Å². The molecule has 0 bridgehead atoms. The molecule has 0 spiro atoms. The van der Waals surface area contributed by atoms with E-state index in [1.165, 1.54) is 6.07 Å². The molecule has 2 aromatic rings. The third kappa shape index (κ3) is 3.91. The molecule has 1 amide bonds. The van der Waals surface area contributed by atoms with Crippen molar-refractivity contribution >= 4 is 34.8 Å². The van der Waals surface area contributed by atoms with E-state index in [4.69, 9.17) is 27.9 Å². The average Bonchev–Trinajstić information content (AvgIpc) is 3.43. The number of fused-ring (bicyclic) bond motifs is 1. The number of amides is 1. The average molecular weight is 465 g/mol. The highest BCUT2D eigenvalue weighted by atomic mass is 35.5. The van der Waals surface area contributed by atoms with E-state index in [9.17, 15) is 14.3 Å². The Morgan fingerprint density at radius 1 is 1.16 bits per heavy atom. The number of halogens is 3. The minimum atomic E-state index is -0.490. The Hall–Kier alpha value is -1.86. The first kappa shape index (κ1) is 21.0. The van der Waals surface area contributed by atoms with Crippen molar-refractivity contribution in [3.05, 3.63) is 57.3 Å². The summed E-state index contributed by atoms with van der Waals surface area (Å²) in [5.74, 6) is 0.181. The molecule has 2 aromatic carbocycles. The van der Waals surface area contributed by atoms with Crippen molar-refractivity contribution in [1.29, 1.82) is 0 Å². The summed E-state index contributed by atoms with van der Waals surface area (Å²) < 4.78 is 21.1. The Labute approximate surface area is 190 Å². The zero-order valence-corrected chi connectivity index (χ0v) is 18.4. The number of anilines is 1. The Balaban J connectivity index is 1.51. The second-order valence-electron chi connectivity index (χ2n) is 8.47. The Kier molecular flexibility index (Phi) is 5.59. The molecular weight excluding hydrogens is 442 g/mol. The number of carbonyl (C=O) groups excluding carboxylic acids is 1. The first-order valence-corrected chi connectivity index (χ1v) is 11.3. The maximum atomic E-state index is 14.7. The first-order chi connectivity index (χ1) is 14.9. The molecule has 0 radical (unpaired) electrons. The van der Waals surface area contributed by atoms with Gasteiger partial charge in [-0.1, -0.05) is 23.2 Å². The van der Waals surface area contributed by atoms with Gasteiger partial charge in [0.25, 0.3) is 0 Å². The lowest BCUT2D eigenvalue weighted by Gasteiger charge is -2.30. The minimum absolute atomic E-state index is 0.0808. The first-order valence-electron chi connectivity index (χ1n) is 10.6. The summed E-state index contributed by atoms with van der Waals surface area (Å²) in [6, 6.07) is 8.24. The van der Waals surface area contributed by atoms with E-state index in [2.05, 4.69) is 4.90 Å². The molecule has 5 nitrogen and oxygen atoms in total. The van der Waals surface area contributed by atoms with E-state index in [1.807, 2.05) is 6.07 Å². The predicted octanol–water partition coefficient (Wildman–Crippen LogP) is 4.37. The molecule has 2 fully saturated rings. The van der Waals surface area contributed by atoms with E-state index in [1.54, 1.807) is 23.1 Å². The van der Waals surface area contributed by atoms with Crippen LogP contribution in [0.25, 0.3) is 0 Å². The van der Waals surface area contributed by atoms with Gasteiger partial charge in [0.05, 0.1) is 17.2 Å². The van der Waals surface area contributed by atoms with Gasteiger partial charge in [-0.3, -0.25) is 9.69 Å². The van der Waals surface area contributed by atoms with Gasteiger partial charge in [0, 0.05) is 48.4 Å². The number of hydrogen-bond donors (Lipinski definition) is 1. The summed E-state index contributed by atoms with van der Waals surface area (Å²) >= 11 is 12.6. The van der Waals surface area contributed by atoms with Gasteiger partial charge in [0.2, 0.25) is 5.91 Å². The molecular formula is C23H23Cl2FN2O3. The predicted molar refractivity (Wildman–Crippen MR) is 118 cm³/mol. The SMILES string of the molecule is O=C1CCCN1c1ccc(Cl)c(O[C@H]2c3cc(Cl)cc(F)c3C[C@H]2N2CC[C@@H](O)C2)c1. The van der Waals surface area contributed by atoms with Crippen LogP contribution < -0.4 is 9.64 Å². The van der Waals surface area contributed by atoms with Gasteiger partial charge in [-0.2, -0.15) is 0 Å². The Morgan fingerprint density at radius 2 is 2.00 bits per heavy atom. The lowest BCUT2D eigenvalue weighted by Crippen LogP contribution is -2.39. The number of likely N-dealkylation sites (tertiary alicyclic amines) is 1. The topological polar surface area (TPSA) is 53.0 Å². The van der Waals surface area contributed by atoms with Crippen LogP contribution in [0.3, 0.4) is 0 Å². The van der Waals surface area contributed by atoms with Crippen LogP contribution >= 0.6 is 23.2 Å². The molecule has 1 aliphatic carbocycles. The molecule has 0 unspecified atom stereocenters. The van der Waals surface area contributed by atoms with Crippen LogP contribution in [0.4, 0.5) is 10.1 Å². The zero-order chi connectivity index (χ0) is 21.7. The molecule has 5 rings (SSSR count). The summed E-state index contributed by atoms with van der Waals surface area (Å²) in [6.07, 6.45) is 1.62. The largest absolute Gasteiger partial charge is 0.482 e. The van der Waals surface area contributed by atoms with Crippen molar-refractivity contribution < 1.29 is 19.0 Å². The van der Waals surface area contributed by atoms with Crippen molar-refractivity contribution in [2.75, 3.05) is 24.5 Å². The van der Waals surface area contributed by atoms with Gasteiger partial charge >= 0.3 is 0 Å². The summed E-state index contributed by atoms with van der Waals surface area (Å²) in [5.41, 5.74) is 2.03. The van der Waals surface area contributed by atoms with Crippen LogP contribution in [-0.4, -0.2) is 47.7 Å². The molecule has 31 heavy (non-hydrogen) atoms. The smallest absolute Gasteiger partial charge is 0.227 e. The summed E-state index contributed by atoms with van der Waals surface area (Å²) in [7, 11) is 0. The van der Waals surface area contributed by atoms with Gasteiger partial charge < -0.3 is 14.7 Å². The fourth-order valence-electron chi connectivity index (χ4n) is 4.96. The number of β-amino-alcohol motifs (C(OH)–C–C–N with tert-alkyl or cyclic N) is 1. The fourth-order valence-corrected chi connectivity index (χ4v) is 5.33. The van der Waals surface area contributed by atoms with Crippen molar-refractivity contribution in [2.45, 2.75) is 43.9 Å². The second kappa shape index (κ2) is 8.24. The van der Waals surface area contributed by atoms with Crippen molar-refractivity contribution in [1.82, 2.24) is 4.90 Å². The van der Waals surface area contributed by atoms with Crippen LogP contribution in [0.1, 0.15) is 36.5 Å². The van der Waals surface area contributed by atoms with E-state index < -0.39 is 12.2 Å². The lowest BCUT2D eigenvalue weighted by molar-refractivity contribution is -0.117. The standard InChI is InChI=1S/C23H23Cl2FN2O3/c24-13-8-17-16(19(26)9-13)11-20(27-7-5-15(29)12-27)23(17)31-21-10-14(3-4-18(21)25)28-6-1-2-22(28)30/h3-4,8-10,15,20,23,29H,1-2,5-7,11-12H2/t15-,20-,23+/m1/s1. The molecule has 164 valence electrons. The van der Waals surface area contributed by atoms with E-state index >= 15 is 0 Å². The monoisotopic (exact) mass is 464 g/mol. The van der Waals surface area contributed by atoms with Crippen molar-refractivity contribution in [3.8, 4) is 5.75 Å². The molecule has 3 aliphatic rings. The number of aliphatic hydroxyl groups is 1. The Morgan fingerprint density at radius 3 is 2.71 bits per heavy atom. The van der Waals surface area contributed by atoms with Crippen LogP contribution in [0.5, 0.6) is 5.75 Å². The number of ether oxygens (including phenoxy) is 1. The number of benzene rings is 2. The quantitative estimate of drug-likeness (QED) is 0.729. The number of rotatable bonds is 4. The highest BCUT2D eigenvalue weighted by Crippen LogP contribution is 2.43. The molecule has 3 atom stereocenters. The number of hydrogen-bond acceptors (Lipinski definition) is 4. The molecule has 0 aromatic heterocycles. The lowest BCUT2D eigenvalue weighted by atomic mass is 10.1.